The van der Waals surface area contributed by atoms with E-state index in [4.69, 9.17) is 0 Å². The predicted molar refractivity (Wildman–Crippen MR) is 41.7 cm³/mol. The van der Waals surface area contributed by atoms with Gasteiger partial charge in [0.2, 0.25) is 0 Å². The molecule has 0 saturated carbocycles. The zero-order chi connectivity index (χ0) is 9.84. The Morgan fingerprint density at radius 1 is 1.62 bits per heavy atom. The van der Waals surface area contributed by atoms with Crippen LogP contribution in [0.15, 0.2) is 24.3 Å². The largest absolute Gasteiger partial charge is 0.550 e. The molecule has 0 bridgehead atoms. The minimum absolute atomic E-state index is 0.191. The molecule has 0 aliphatic carbocycles. The van der Waals surface area contributed by atoms with Gasteiger partial charge in [0.25, 0.3) is 0 Å². The lowest BCUT2D eigenvalue weighted by Gasteiger charge is -2.08. The van der Waals surface area contributed by atoms with Crippen LogP contribution in [0.2, 0.25) is 0 Å². The molecule has 1 aromatic rings. The number of quaternary nitrogens is 1. The second kappa shape index (κ2) is 4.00. The molecule has 0 unspecified atom stereocenters. The van der Waals surface area contributed by atoms with E-state index in [1.54, 1.807) is 6.07 Å². The summed E-state index contributed by atoms with van der Waals surface area (Å²) in [7, 11) is 0. The van der Waals surface area contributed by atoms with Crippen molar-refractivity contribution in [1.82, 2.24) is 0 Å². The first-order valence-electron chi connectivity index (χ1n) is 3.88. The Labute approximate surface area is 75.0 Å². The fourth-order valence-corrected chi connectivity index (χ4v) is 1.08. The fourth-order valence-electron chi connectivity index (χ4n) is 1.08. The number of carbonyl (C=O) groups is 1. The molecule has 0 aromatic heterocycles. The van der Waals surface area contributed by atoms with Gasteiger partial charge in [-0.25, -0.2) is 4.39 Å². The summed E-state index contributed by atoms with van der Waals surface area (Å²) in [6.45, 7) is 0. The number of hydrogen-bond donors (Lipinski definition) is 1. The molecular weight excluding hydrogens is 173 g/mol. The van der Waals surface area contributed by atoms with Crippen LogP contribution in [-0.2, 0) is 4.79 Å². The van der Waals surface area contributed by atoms with Gasteiger partial charge in [-0.15, -0.1) is 0 Å². The van der Waals surface area contributed by atoms with E-state index in [0.29, 0.717) is 5.56 Å². The van der Waals surface area contributed by atoms with Crippen molar-refractivity contribution in [2.75, 3.05) is 0 Å². The number of rotatable bonds is 3. The number of benzene rings is 1. The first kappa shape index (κ1) is 9.67. The van der Waals surface area contributed by atoms with Gasteiger partial charge in [-0.3, -0.25) is 0 Å². The van der Waals surface area contributed by atoms with E-state index in [-0.39, 0.29) is 12.2 Å². The average Bonchev–Trinajstić information content (AvgIpc) is 2.03. The molecule has 0 amide bonds. The third-order valence-electron chi connectivity index (χ3n) is 1.73. The number of carboxylic acid groups (broad SMARTS) is 1. The highest BCUT2D eigenvalue weighted by atomic mass is 19.1. The fraction of sp³-hybridized carbons (Fsp3) is 0.222. The molecule has 0 fully saturated rings. The van der Waals surface area contributed by atoms with Crippen molar-refractivity contribution >= 4 is 5.97 Å². The second-order valence-corrected chi connectivity index (χ2v) is 2.83. The van der Waals surface area contributed by atoms with Gasteiger partial charge in [-0.05, 0) is 12.1 Å². The lowest BCUT2D eigenvalue weighted by Crippen LogP contribution is -2.55. The van der Waals surface area contributed by atoms with E-state index in [1.165, 1.54) is 18.2 Å². The molecule has 1 atom stereocenters. The van der Waals surface area contributed by atoms with Crippen molar-refractivity contribution < 1.29 is 20.0 Å². The standard InChI is InChI=1S/C9H10FNO2/c10-7-3-1-2-6(4-7)8(11)5-9(12)13/h1-4,8H,5,11H2,(H,12,13)/t8-/m0/s1. The predicted octanol–water partition coefficient (Wildman–Crippen LogP) is -0.751. The van der Waals surface area contributed by atoms with Crippen LogP contribution in [0, 0.1) is 5.82 Å². The van der Waals surface area contributed by atoms with Gasteiger partial charge in [-0.2, -0.15) is 0 Å². The Morgan fingerprint density at radius 3 is 2.85 bits per heavy atom. The summed E-state index contributed by atoms with van der Waals surface area (Å²) in [6.07, 6.45) is -0.191. The minimum atomic E-state index is -1.18. The summed E-state index contributed by atoms with van der Waals surface area (Å²) >= 11 is 0. The van der Waals surface area contributed by atoms with E-state index in [9.17, 15) is 14.3 Å². The van der Waals surface area contributed by atoms with E-state index in [2.05, 4.69) is 5.73 Å². The highest BCUT2D eigenvalue weighted by molar-refractivity contribution is 5.65. The smallest absolute Gasteiger partial charge is 0.123 e. The van der Waals surface area contributed by atoms with Gasteiger partial charge in [-0.1, -0.05) is 12.1 Å². The normalized spacial score (nSPS) is 12.5. The van der Waals surface area contributed by atoms with E-state index in [1.807, 2.05) is 0 Å². The molecule has 0 heterocycles. The zero-order valence-electron chi connectivity index (χ0n) is 7.00. The Kier molecular flexibility index (Phi) is 2.97. The molecule has 3 nitrogen and oxygen atoms in total. The number of carboxylic acids is 1. The maximum absolute atomic E-state index is 12.7. The van der Waals surface area contributed by atoms with Crippen LogP contribution in [0.3, 0.4) is 0 Å². The first-order chi connectivity index (χ1) is 6.09. The lowest BCUT2D eigenvalue weighted by molar-refractivity contribution is -0.430. The zero-order valence-corrected chi connectivity index (χ0v) is 7.00. The average molecular weight is 183 g/mol. The third-order valence-corrected chi connectivity index (χ3v) is 1.73. The van der Waals surface area contributed by atoms with Crippen molar-refractivity contribution in [1.29, 1.82) is 0 Å². The van der Waals surface area contributed by atoms with Crippen LogP contribution in [0.4, 0.5) is 4.39 Å². The number of carbonyl (C=O) groups excluding carboxylic acids is 1. The molecule has 0 radical (unpaired) electrons. The molecule has 3 N–H and O–H groups in total. The minimum Gasteiger partial charge on any atom is -0.550 e. The molecule has 0 saturated heterocycles. The van der Waals surface area contributed by atoms with E-state index in [0.717, 1.165) is 0 Å². The Morgan fingerprint density at radius 2 is 2.31 bits per heavy atom. The van der Waals surface area contributed by atoms with Crippen LogP contribution in [0.1, 0.15) is 18.0 Å². The van der Waals surface area contributed by atoms with Crippen LogP contribution in [0.5, 0.6) is 0 Å². The highest BCUT2D eigenvalue weighted by Gasteiger charge is 2.09. The van der Waals surface area contributed by atoms with Crippen molar-refractivity contribution in [2.24, 2.45) is 0 Å². The molecule has 0 aliphatic heterocycles. The maximum atomic E-state index is 12.7. The molecule has 4 heteroatoms. The van der Waals surface area contributed by atoms with Gasteiger partial charge >= 0.3 is 0 Å². The maximum Gasteiger partial charge on any atom is 0.123 e. The summed E-state index contributed by atoms with van der Waals surface area (Å²) in [5.41, 5.74) is 4.18. The quantitative estimate of drug-likeness (QED) is 0.669. The van der Waals surface area contributed by atoms with Crippen molar-refractivity contribution in [3.05, 3.63) is 35.6 Å². The highest BCUT2D eigenvalue weighted by Crippen LogP contribution is 2.12. The Bertz CT molecular complexity index is 314. The third kappa shape index (κ3) is 2.83. The Balaban J connectivity index is 2.76. The summed E-state index contributed by atoms with van der Waals surface area (Å²) in [4.78, 5) is 10.2. The van der Waals surface area contributed by atoms with Gasteiger partial charge in [0, 0.05) is 18.0 Å². The Hall–Kier alpha value is -1.42. The van der Waals surface area contributed by atoms with Crippen molar-refractivity contribution in [3.63, 3.8) is 0 Å². The molecule has 70 valence electrons. The monoisotopic (exact) mass is 183 g/mol. The van der Waals surface area contributed by atoms with Gasteiger partial charge in [0.1, 0.15) is 11.9 Å². The second-order valence-electron chi connectivity index (χ2n) is 2.83. The molecule has 1 rings (SSSR count). The molecular formula is C9H10FNO2. The van der Waals surface area contributed by atoms with Crippen LogP contribution >= 0.6 is 0 Å². The van der Waals surface area contributed by atoms with Gasteiger partial charge in [0.05, 0.1) is 0 Å². The summed E-state index contributed by atoms with van der Waals surface area (Å²) in [5, 5.41) is 10.2. The lowest BCUT2D eigenvalue weighted by atomic mass is 10.1. The van der Waals surface area contributed by atoms with Crippen LogP contribution < -0.4 is 10.8 Å². The molecule has 1 aromatic carbocycles. The van der Waals surface area contributed by atoms with Crippen molar-refractivity contribution in [2.45, 2.75) is 12.5 Å². The van der Waals surface area contributed by atoms with Crippen LogP contribution in [-0.4, -0.2) is 5.97 Å². The molecule has 0 aliphatic rings. The number of halogens is 1. The number of aliphatic carboxylic acids is 1. The van der Waals surface area contributed by atoms with Gasteiger partial charge < -0.3 is 15.6 Å². The van der Waals surface area contributed by atoms with Gasteiger partial charge in [0.15, 0.2) is 0 Å². The summed E-state index contributed by atoms with van der Waals surface area (Å²) < 4.78 is 12.7. The van der Waals surface area contributed by atoms with Crippen LogP contribution in [0.25, 0.3) is 0 Å². The summed E-state index contributed by atoms with van der Waals surface area (Å²) in [5.74, 6) is -1.56. The molecule has 0 spiro atoms. The van der Waals surface area contributed by atoms with E-state index >= 15 is 0 Å². The molecule has 13 heavy (non-hydrogen) atoms. The first-order valence-corrected chi connectivity index (χ1v) is 3.88. The van der Waals surface area contributed by atoms with E-state index < -0.39 is 12.0 Å². The summed E-state index contributed by atoms with van der Waals surface area (Å²) in [6, 6.07) is 5.29. The topological polar surface area (TPSA) is 67.8 Å². The van der Waals surface area contributed by atoms with Crippen molar-refractivity contribution in [3.8, 4) is 0 Å². The number of hydrogen-bond acceptors (Lipinski definition) is 2. The SMILES string of the molecule is [NH3+][C@@H](CC(=O)[O-])c1cccc(F)c1.